The molecule has 1 amide bonds. The average molecular weight is 237 g/mol. The molecule has 0 radical (unpaired) electrons. The number of carboxylic acid groups (broad SMARTS) is 1. The van der Waals surface area contributed by atoms with Gasteiger partial charge in [-0.2, -0.15) is 0 Å². The van der Waals surface area contributed by atoms with Crippen molar-refractivity contribution in [1.82, 2.24) is 5.32 Å². The second-order valence-electron chi connectivity index (χ2n) is 3.65. The van der Waals surface area contributed by atoms with E-state index < -0.39 is 5.97 Å². The predicted octanol–water partition coefficient (Wildman–Crippen LogP) is 1.26. The summed E-state index contributed by atoms with van der Waals surface area (Å²) in [5.74, 6) is -0.980. The van der Waals surface area contributed by atoms with E-state index in [9.17, 15) is 14.7 Å². The number of hydrogen-bond donors (Lipinski definition) is 3. The summed E-state index contributed by atoms with van der Waals surface area (Å²) in [6.45, 7) is 0.249. The zero-order valence-corrected chi connectivity index (χ0v) is 9.35. The van der Waals surface area contributed by atoms with E-state index in [4.69, 9.17) is 5.11 Å². The lowest BCUT2D eigenvalue weighted by Gasteiger charge is -2.06. The first-order chi connectivity index (χ1) is 8.09. The van der Waals surface area contributed by atoms with Gasteiger partial charge in [0, 0.05) is 24.9 Å². The van der Waals surface area contributed by atoms with Gasteiger partial charge in [0.25, 0.3) is 0 Å². The van der Waals surface area contributed by atoms with Crippen LogP contribution in [-0.2, 0) is 16.1 Å². The highest BCUT2D eigenvalue weighted by atomic mass is 16.4. The molecule has 0 fully saturated rings. The molecule has 1 rings (SSSR count). The molecule has 0 heterocycles. The van der Waals surface area contributed by atoms with Gasteiger partial charge in [-0.3, -0.25) is 9.59 Å². The SMILES string of the molecule is O=C(O)CCCC(=O)NCc1ccccc1O. The van der Waals surface area contributed by atoms with Crippen LogP contribution < -0.4 is 5.32 Å². The lowest BCUT2D eigenvalue weighted by molar-refractivity contribution is -0.137. The normalized spacial score (nSPS) is 9.88. The van der Waals surface area contributed by atoms with Crippen LogP contribution in [0, 0.1) is 0 Å². The summed E-state index contributed by atoms with van der Waals surface area (Å²) in [6.07, 6.45) is 0.492. The Bertz CT molecular complexity index is 403. The van der Waals surface area contributed by atoms with Crippen molar-refractivity contribution in [2.24, 2.45) is 0 Å². The minimum Gasteiger partial charge on any atom is -0.508 e. The van der Waals surface area contributed by atoms with Gasteiger partial charge in [0.2, 0.25) is 5.91 Å². The monoisotopic (exact) mass is 237 g/mol. The summed E-state index contributed by atoms with van der Waals surface area (Å²) in [6, 6.07) is 6.73. The molecule has 0 unspecified atom stereocenters. The Hall–Kier alpha value is -2.04. The fourth-order valence-corrected chi connectivity index (χ4v) is 1.34. The van der Waals surface area contributed by atoms with Gasteiger partial charge in [0.15, 0.2) is 0 Å². The highest BCUT2D eigenvalue weighted by Gasteiger charge is 2.05. The second kappa shape index (κ2) is 6.52. The number of aromatic hydroxyl groups is 1. The third-order valence-corrected chi connectivity index (χ3v) is 2.26. The maximum absolute atomic E-state index is 11.3. The maximum Gasteiger partial charge on any atom is 0.303 e. The Morgan fingerprint density at radius 1 is 1.18 bits per heavy atom. The predicted molar refractivity (Wildman–Crippen MR) is 61.4 cm³/mol. The summed E-state index contributed by atoms with van der Waals surface area (Å²) in [7, 11) is 0. The molecule has 0 aliphatic heterocycles. The molecule has 0 aliphatic carbocycles. The number of aliphatic carboxylic acids is 1. The molecular formula is C12H15NO4. The van der Waals surface area contributed by atoms with Crippen molar-refractivity contribution in [3.8, 4) is 5.75 Å². The van der Waals surface area contributed by atoms with E-state index in [2.05, 4.69) is 5.32 Å². The van der Waals surface area contributed by atoms with Gasteiger partial charge in [0.1, 0.15) is 5.75 Å². The fourth-order valence-electron chi connectivity index (χ4n) is 1.34. The number of phenolic OH excluding ortho intramolecular Hbond substituents is 1. The molecule has 3 N–H and O–H groups in total. The number of carbonyl (C=O) groups excluding carboxylic acids is 1. The van der Waals surface area contributed by atoms with E-state index in [1.165, 1.54) is 0 Å². The number of rotatable bonds is 6. The van der Waals surface area contributed by atoms with E-state index in [1.807, 2.05) is 0 Å². The Kier molecular flexibility index (Phi) is 5.00. The molecule has 92 valence electrons. The summed E-state index contributed by atoms with van der Waals surface area (Å²) in [4.78, 5) is 21.6. The number of carbonyl (C=O) groups is 2. The van der Waals surface area contributed by atoms with E-state index >= 15 is 0 Å². The molecule has 17 heavy (non-hydrogen) atoms. The molecule has 0 aromatic heterocycles. The third kappa shape index (κ3) is 5.01. The van der Waals surface area contributed by atoms with Crippen LogP contribution in [0.15, 0.2) is 24.3 Å². The molecular weight excluding hydrogens is 222 g/mol. The van der Waals surface area contributed by atoms with Gasteiger partial charge < -0.3 is 15.5 Å². The van der Waals surface area contributed by atoms with Gasteiger partial charge >= 0.3 is 5.97 Å². The molecule has 1 aromatic rings. The quantitative estimate of drug-likeness (QED) is 0.695. The van der Waals surface area contributed by atoms with Crippen LogP contribution >= 0.6 is 0 Å². The van der Waals surface area contributed by atoms with Crippen LogP contribution in [0.1, 0.15) is 24.8 Å². The van der Waals surface area contributed by atoms with Gasteiger partial charge in [-0.1, -0.05) is 18.2 Å². The molecule has 0 bridgehead atoms. The first-order valence-corrected chi connectivity index (χ1v) is 5.35. The van der Waals surface area contributed by atoms with Gasteiger partial charge in [-0.25, -0.2) is 0 Å². The first kappa shape index (κ1) is 13.0. The summed E-state index contributed by atoms with van der Waals surface area (Å²) in [5, 5.41) is 20.5. The van der Waals surface area contributed by atoms with Crippen molar-refractivity contribution in [3.05, 3.63) is 29.8 Å². The first-order valence-electron chi connectivity index (χ1n) is 5.35. The Morgan fingerprint density at radius 2 is 1.88 bits per heavy atom. The maximum atomic E-state index is 11.3. The van der Waals surface area contributed by atoms with Crippen LogP contribution in [0.2, 0.25) is 0 Å². The van der Waals surface area contributed by atoms with E-state index in [0.717, 1.165) is 0 Å². The van der Waals surface area contributed by atoms with Crippen molar-refractivity contribution >= 4 is 11.9 Å². The molecule has 5 nitrogen and oxygen atoms in total. The van der Waals surface area contributed by atoms with Crippen LogP contribution in [0.4, 0.5) is 0 Å². The third-order valence-electron chi connectivity index (χ3n) is 2.26. The van der Waals surface area contributed by atoms with Crippen molar-refractivity contribution in [3.63, 3.8) is 0 Å². The Morgan fingerprint density at radius 3 is 2.53 bits per heavy atom. The molecule has 0 aliphatic rings. The minimum absolute atomic E-state index is 0.00991. The smallest absolute Gasteiger partial charge is 0.303 e. The topological polar surface area (TPSA) is 86.6 Å². The van der Waals surface area contributed by atoms with Crippen molar-refractivity contribution in [1.29, 1.82) is 0 Å². The number of amides is 1. The van der Waals surface area contributed by atoms with Crippen molar-refractivity contribution < 1.29 is 19.8 Å². The van der Waals surface area contributed by atoms with Crippen LogP contribution in [0.3, 0.4) is 0 Å². The number of nitrogens with one attached hydrogen (secondary N) is 1. The van der Waals surface area contributed by atoms with E-state index in [-0.39, 0.29) is 31.0 Å². The van der Waals surface area contributed by atoms with Gasteiger partial charge in [0.05, 0.1) is 0 Å². The molecule has 0 saturated carbocycles. The number of hydrogen-bond acceptors (Lipinski definition) is 3. The standard InChI is InChI=1S/C12H15NO4/c14-10-5-2-1-4-9(10)8-13-11(15)6-3-7-12(16)17/h1-2,4-5,14H,3,6-8H2,(H,13,15)(H,16,17). The largest absolute Gasteiger partial charge is 0.508 e. The second-order valence-corrected chi connectivity index (χ2v) is 3.65. The lowest BCUT2D eigenvalue weighted by Crippen LogP contribution is -2.22. The fraction of sp³-hybridized carbons (Fsp3) is 0.333. The van der Waals surface area contributed by atoms with Crippen molar-refractivity contribution in [2.45, 2.75) is 25.8 Å². The Labute approximate surface area is 99.1 Å². The zero-order valence-electron chi connectivity index (χ0n) is 9.35. The van der Waals surface area contributed by atoms with Crippen LogP contribution in [0.25, 0.3) is 0 Å². The van der Waals surface area contributed by atoms with Crippen LogP contribution in [0.5, 0.6) is 5.75 Å². The molecule has 0 saturated heterocycles. The Balaban J connectivity index is 2.29. The zero-order chi connectivity index (χ0) is 12.7. The average Bonchev–Trinajstić information content (AvgIpc) is 2.27. The van der Waals surface area contributed by atoms with Crippen LogP contribution in [-0.4, -0.2) is 22.1 Å². The van der Waals surface area contributed by atoms with Gasteiger partial charge in [-0.15, -0.1) is 0 Å². The molecule has 1 aromatic carbocycles. The summed E-state index contributed by atoms with van der Waals surface area (Å²) >= 11 is 0. The highest BCUT2D eigenvalue weighted by molar-refractivity contribution is 5.76. The van der Waals surface area contributed by atoms with Crippen molar-refractivity contribution in [2.75, 3.05) is 0 Å². The molecule has 0 atom stereocenters. The number of benzene rings is 1. The summed E-state index contributed by atoms with van der Waals surface area (Å²) in [5.41, 5.74) is 0.638. The molecule has 0 spiro atoms. The van der Waals surface area contributed by atoms with Gasteiger partial charge in [-0.05, 0) is 12.5 Å². The van der Waals surface area contributed by atoms with E-state index in [0.29, 0.717) is 12.0 Å². The highest BCUT2D eigenvalue weighted by Crippen LogP contribution is 2.14. The summed E-state index contributed by atoms with van der Waals surface area (Å²) < 4.78 is 0. The number of carboxylic acids is 1. The molecule has 5 heteroatoms. The number of para-hydroxylation sites is 1. The lowest BCUT2D eigenvalue weighted by atomic mass is 10.2. The van der Waals surface area contributed by atoms with E-state index in [1.54, 1.807) is 24.3 Å². The number of phenols is 1. The minimum atomic E-state index is -0.904.